The molecule has 4 aliphatic rings. The lowest BCUT2D eigenvalue weighted by atomic mass is 9.57. The van der Waals surface area contributed by atoms with Crippen LogP contribution in [-0.2, 0) is 24.3 Å². The maximum absolute atomic E-state index is 12.6. The van der Waals surface area contributed by atoms with Crippen LogP contribution < -0.4 is 15.5 Å². The molecule has 0 atom stereocenters. The van der Waals surface area contributed by atoms with Crippen molar-refractivity contribution in [2.24, 2.45) is 5.41 Å². The molecule has 3 fully saturated rings. The molecule has 206 valence electrons. The van der Waals surface area contributed by atoms with Crippen molar-refractivity contribution in [3.8, 4) is 0 Å². The van der Waals surface area contributed by atoms with Gasteiger partial charge in [-0.15, -0.1) is 0 Å². The van der Waals surface area contributed by atoms with E-state index < -0.39 is 0 Å². The molecule has 0 saturated heterocycles. The third-order valence-electron chi connectivity index (χ3n) is 9.30. The fourth-order valence-electron chi connectivity index (χ4n) is 6.95. The molecule has 9 heteroatoms. The number of hydrogen-bond acceptors (Lipinski definition) is 7. The number of nitrogens with zero attached hydrogens (tertiary/aromatic N) is 5. The standard InChI is InChI=1S/C29H44N8O/c1-20-16-25(22(17-30)27(31-3)32-20)36-15-6-24-23(18-36)21(2)34-37(24)19-28-8-11-29(12-9-28,13-10-28)33-26(38)7-14-35(4)5/h16-17,30H,6-15,18-19H2,1-5H3,(H,31,32)(H,33,38). The van der Waals surface area contributed by atoms with Crippen molar-refractivity contribution < 1.29 is 4.79 Å². The highest BCUT2D eigenvalue weighted by molar-refractivity contribution is 5.92. The molecule has 2 bridgehead atoms. The molecule has 3 heterocycles. The first-order valence-corrected chi connectivity index (χ1v) is 14.1. The SMILES string of the molecule is CNc1nc(C)cc(N2CCc3c(c(C)nn3CC34CCC(NC(=O)CCN(C)C)(CC3)CC4)C2)c1C=N. The van der Waals surface area contributed by atoms with E-state index in [0.29, 0.717) is 6.42 Å². The van der Waals surface area contributed by atoms with Gasteiger partial charge in [-0.05, 0) is 77.9 Å². The van der Waals surface area contributed by atoms with Gasteiger partial charge in [0.1, 0.15) is 5.82 Å². The fraction of sp³-hybridized carbons (Fsp3) is 0.655. The van der Waals surface area contributed by atoms with Gasteiger partial charge in [-0.2, -0.15) is 5.10 Å². The number of fused-ring (bicyclic) bond motifs is 4. The van der Waals surface area contributed by atoms with Crippen LogP contribution in [0.15, 0.2) is 6.07 Å². The molecule has 38 heavy (non-hydrogen) atoms. The lowest BCUT2D eigenvalue weighted by Gasteiger charge is -2.53. The molecule has 0 radical (unpaired) electrons. The minimum atomic E-state index is 0.00650. The highest BCUT2D eigenvalue weighted by Crippen LogP contribution is 2.53. The first-order valence-electron chi connectivity index (χ1n) is 14.1. The molecular weight excluding hydrogens is 476 g/mol. The van der Waals surface area contributed by atoms with Crippen molar-refractivity contribution >= 4 is 23.6 Å². The van der Waals surface area contributed by atoms with Crippen LogP contribution in [0.3, 0.4) is 0 Å². The van der Waals surface area contributed by atoms with Gasteiger partial charge in [-0.3, -0.25) is 9.48 Å². The quantitative estimate of drug-likeness (QED) is 0.436. The monoisotopic (exact) mass is 520 g/mol. The Bertz CT molecular complexity index is 1190. The van der Waals surface area contributed by atoms with Gasteiger partial charge in [0, 0.05) is 74.8 Å². The smallest absolute Gasteiger partial charge is 0.221 e. The molecule has 3 aliphatic carbocycles. The highest BCUT2D eigenvalue weighted by atomic mass is 16.1. The number of rotatable bonds is 9. The maximum Gasteiger partial charge on any atom is 0.221 e. The third kappa shape index (κ3) is 5.05. The summed E-state index contributed by atoms with van der Waals surface area (Å²) < 4.78 is 2.32. The predicted octanol–water partition coefficient (Wildman–Crippen LogP) is 3.66. The normalized spacial score (nSPS) is 24.4. The molecule has 0 unspecified atom stereocenters. The Labute approximate surface area is 226 Å². The van der Waals surface area contributed by atoms with Gasteiger partial charge in [-0.1, -0.05) is 0 Å². The van der Waals surface area contributed by atoms with Crippen LogP contribution in [0.4, 0.5) is 11.5 Å². The summed E-state index contributed by atoms with van der Waals surface area (Å²) in [5, 5.41) is 19.7. The Morgan fingerprint density at radius 1 is 1.18 bits per heavy atom. The summed E-state index contributed by atoms with van der Waals surface area (Å²) in [5.41, 5.74) is 6.98. The summed E-state index contributed by atoms with van der Waals surface area (Å²) in [7, 11) is 5.89. The number of pyridine rings is 1. The van der Waals surface area contributed by atoms with E-state index in [2.05, 4.69) is 43.1 Å². The Hall–Kier alpha value is -2.94. The van der Waals surface area contributed by atoms with Gasteiger partial charge < -0.3 is 25.8 Å². The van der Waals surface area contributed by atoms with Crippen molar-refractivity contribution in [1.29, 1.82) is 5.41 Å². The molecule has 2 aromatic heterocycles. The van der Waals surface area contributed by atoms with E-state index in [4.69, 9.17) is 10.5 Å². The summed E-state index contributed by atoms with van der Waals surface area (Å²) in [5.74, 6) is 0.957. The van der Waals surface area contributed by atoms with E-state index in [1.54, 1.807) is 0 Å². The van der Waals surface area contributed by atoms with Crippen molar-refractivity contribution in [3.63, 3.8) is 0 Å². The third-order valence-corrected chi connectivity index (χ3v) is 9.30. The number of aromatic nitrogens is 3. The number of carbonyl (C=O) groups excluding carboxylic acids is 1. The second-order valence-electron chi connectivity index (χ2n) is 12.2. The molecule has 9 nitrogen and oxygen atoms in total. The number of carbonyl (C=O) groups is 1. The second kappa shape index (κ2) is 10.3. The van der Waals surface area contributed by atoms with E-state index in [0.717, 1.165) is 99.6 Å². The van der Waals surface area contributed by atoms with Gasteiger partial charge >= 0.3 is 0 Å². The Kier molecular flexibility index (Phi) is 7.24. The van der Waals surface area contributed by atoms with Crippen LogP contribution in [0.2, 0.25) is 0 Å². The largest absolute Gasteiger partial charge is 0.373 e. The van der Waals surface area contributed by atoms with Gasteiger partial charge in [0.25, 0.3) is 0 Å². The van der Waals surface area contributed by atoms with Crippen LogP contribution >= 0.6 is 0 Å². The van der Waals surface area contributed by atoms with E-state index in [1.165, 1.54) is 17.5 Å². The van der Waals surface area contributed by atoms with Crippen LogP contribution in [0.5, 0.6) is 0 Å². The van der Waals surface area contributed by atoms with E-state index in [-0.39, 0.29) is 16.9 Å². The number of nitrogens with one attached hydrogen (secondary N) is 3. The van der Waals surface area contributed by atoms with Crippen molar-refractivity contribution in [1.82, 2.24) is 25.0 Å². The Morgan fingerprint density at radius 3 is 2.53 bits per heavy atom. The zero-order valence-corrected chi connectivity index (χ0v) is 23.8. The number of amides is 1. The van der Waals surface area contributed by atoms with Gasteiger partial charge in [-0.25, -0.2) is 4.98 Å². The maximum atomic E-state index is 12.6. The van der Waals surface area contributed by atoms with Crippen LogP contribution in [0.1, 0.15) is 73.2 Å². The first-order chi connectivity index (χ1) is 18.2. The molecule has 0 spiro atoms. The molecule has 3 saturated carbocycles. The average Bonchev–Trinajstić information content (AvgIpc) is 3.21. The number of aryl methyl sites for hydroxylation is 2. The Balaban J connectivity index is 1.28. The molecular formula is C29H44N8O. The summed E-state index contributed by atoms with van der Waals surface area (Å²) >= 11 is 0. The second-order valence-corrected chi connectivity index (χ2v) is 12.2. The van der Waals surface area contributed by atoms with Gasteiger partial charge in [0.15, 0.2) is 0 Å². The molecule has 6 rings (SSSR count). The van der Waals surface area contributed by atoms with E-state index in [1.807, 2.05) is 28.1 Å². The van der Waals surface area contributed by atoms with E-state index in [9.17, 15) is 4.79 Å². The summed E-state index contributed by atoms with van der Waals surface area (Å²) in [6.45, 7) is 7.64. The number of anilines is 2. The summed E-state index contributed by atoms with van der Waals surface area (Å²) in [6, 6.07) is 2.10. The zero-order chi connectivity index (χ0) is 27.1. The predicted molar refractivity (Wildman–Crippen MR) is 152 cm³/mol. The van der Waals surface area contributed by atoms with Crippen LogP contribution in [-0.4, -0.2) is 71.6 Å². The molecule has 1 amide bonds. The molecule has 0 aromatic carbocycles. The lowest BCUT2D eigenvalue weighted by Crippen LogP contribution is -2.57. The zero-order valence-electron chi connectivity index (χ0n) is 23.8. The Morgan fingerprint density at radius 2 is 1.89 bits per heavy atom. The minimum Gasteiger partial charge on any atom is -0.373 e. The van der Waals surface area contributed by atoms with Gasteiger partial charge in [0.05, 0.1) is 16.9 Å². The molecule has 2 aromatic rings. The fourth-order valence-corrected chi connectivity index (χ4v) is 6.95. The molecule has 3 N–H and O–H groups in total. The lowest BCUT2D eigenvalue weighted by molar-refractivity contribution is -0.125. The minimum absolute atomic E-state index is 0.00650. The van der Waals surface area contributed by atoms with Crippen LogP contribution in [0, 0.1) is 24.7 Å². The van der Waals surface area contributed by atoms with Crippen molar-refractivity contribution in [2.45, 2.75) is 83.8 Å². The van der Waals surface area contributed by atoms with Crippen molar-refractivity contribution in [3.05, 3.63) is 34.3 Å². The van der Waals surface area contributed by atoms with E-state index >= 15 is 0 Å². The highest BCUT2D eigenvalue weighted by Gasteiger charge is 2.49. The van der Waals surface area contributed by atoms with Crippen LogP contribution in [0.25, 0.3) is 0 Å². The van der Waals surface area contributed by atoms with Crippen molar-refractivity contribution in [2.75, 3.05) is 44.4 Å². The molecule has 1 aliphatic heterocycles. The summed E-state index contributed by atoms with van der Waals surface area (Å²) in [6.07, 6.45) is 9.66. The summed E-state index contributed by atoms with van der Waals surface area (Å²) in [4.78, 5) is 21.6. The average molecular weight is 521 g/mol. The topological polar surface area (TPSA) is 102 Å². The number of hydrogen-bond donors (Lipinski definition) is 3. The first kappa shape index (κ1) is 26.7. The van der Waals surface area contributed by atoms with Gasteiger partial charge in [0.2, 0.25) is 5.91 Å².